The van der Waals surface area contributed by atoms with Crippen LogP contribution in [0.5, 0.6) is 5.75 Å². The van der Waals surface area contributed by atoms with Crippen molar-refractivity contribution in [3.05, 3.63) is 52.4 Å². The van der Waals surface area contributed by atoms with Gasteiger partial charge in [-0.3, -0.25) is 9.59 Å². The number of carbonyl (C=O) groups is 3. The number of hydrogen-bond donors (Lipinski definition) is 0. The summed E-state index contributed by atoms with van der Waals surface area (Å²) in [6.07, 6.45) is 2.77. The monoisotopic (exact) mass is 464 g/mol. The van der Waals surface area contributed by atoms with Crippen LogP contribution in [0.3, 0.4) is 0 Å². The van der Waals surface area contributed by atoms with Crippen molar-refractivity contribution in [3.63, 3.8) is 0 Å². The highest BCUT2D eigenvalue weighted by molar-refractivity contribution is 6.07. The summed E-state index contributed by atoms with van der Waals surface area (Å²) in [4.78, 5) is 40.7. The number of rotatable bonds is 6. The van der Waals surface area contributed by atoms with Gasteiger partial charge in [-0.1, -0.05) is 46.8 Å². The fraction of sp³-hybridized carbons (Fsp3) is 0.536. The molecule has 0 saturated heterocycles. The summed E-state index contributed by atoms with van der Waals surface area (Å²) < 4.78 is 5.73. The predicted molar refractivity (Wildman–Crippen MR) is 127 cm³/mol. The number of ketones is 2. The molecule has 0 aromatic heterocycles. The van der Waals surface area contributed by atoms with Gasteiger partial charge in [-0.25, -0.2) is 0 Å². The molecule has 6 nitrogen and oxygen atoms in total. The maximum atomic E-state index is 13.6. The van der Waals surface area contributed by atoms with E-state index < -0.39 is 11.9 Å². The SMILES string of the molecule is CCCOc1ccc(C2C3=C(CC(C)(C)CC3=O)N(CC(=O)[O-])C3=C2C(=O)CC(C)(C)C3)cc1. The minimum absolute atomic E-state index is 0.0184. The fourth-order valence-corrected chi connectivity index (χ4v) is 5.68. The van der Waals surface area contributed by atoms with Gasteiger partial charge in [0.25, 0.3) is 0 Å². The van der Waals surface area contributed by atoms with Gasteiger partial charge in [0.15, 0.2) is 11.6 Å². The highest BCUT2D eigenvalue weighted by Gasteiger charge is 2.48. The molecule has 1 aliphatic heterocycles. The Balaban J connectivity index is 1.92. The zero-order valence-corrected chi connectivity index (χ0v) is 20.8. The normalized spacial score (nSPS) is 22.0. The van der Waals surface area contributed by atoms with Crippen LogP contribution in [-0.2, 0) is 14.4 Å². The van der Waals surface area contributed by atoms with E-state index >= 15 is 0 Å². The van der Waals surface area contributed by atoms with Crippen molar-refractivity contribution in [2.75, 3.05) is 13.2 Å². The van der Waals surface area contributed by atoms with Crippen molar-refractivity contribution in [1.82, 2.24) is 4.90 Å². The Hall–Kier alpha value is -2.89. The number of carbonyl (C=O) groups excluding carboxylic acids is 3. The molecule has 0 radical (unpaired) electrons. The molecule has 2 aliphatic carbocycles. The van der Waals surface area contributed by atoms with Crippen molar-refractivity contribution in [3.8, 4) is 5.75 Å². The highest BCUT2D eigenvalue weighted by Crippen LogP contribution is 2.54. The number of carboxylic acids is 1. The second kappa shape index (κ2) is 8.71. The van der Waals surface area contributed by atoms with Crippen LogP contribution in [0.25, 0.3) is 0 Å². The van der Waals surface area contributed by atoms with Gasteiger partial charge in [-0.15, -0.1) is 0 Å². The number of aliphatic carboxylic acids is 1. The topological polar surface area (TPSA) is 86.7 Å². The largest absolute Gasteiger partial charge is 0.548 e. The number of ether oxygens (including phenoxy) is 1. The summed E-state index contributed by atoms with van der Waals surface area (Å²) in [7, 11) is 0. The molecule has 6 heteroatoms. The van der Waals surface area contributed by atoms with E-state index in [0.717, 1.165) is 29.1 Å². The van der Waals surface area contributed by atoms with Crippen molar-refractivity contribution >= 4 is 17.5 Å². The third-order valence-electron chi connectivity index (χ3n) is 7.00. The number of benzene rings is 1. The maximum absolute atomic E-state index is 13.6. The molecule has 0 N–H and O–H groups in total. The van der Waals surface area contributed by atoms with Gasteiger partial charge in [0.05, 0.1) is 19.1 Å². The number of nitrogens with zero attached hydrogens (tertiary/aromatic N) is 1. The van der Waals surface area contributed by atoms with Gasteiger partial charge in [0.1, 0.15) is 5.75 Å². The van der Waals surface area contributed by atoms with Gasteiger partial charge < -0.3 is 19.5 Å². The summed E-state index contributed by atoms with van der Waals surface area (Å²) in [5, 5.41) is 11.8. The number of Topliss-reactive ketones (excluding diaryl/α,β-unsaturated/α-hetero) is 2. The Morgan fingerprint density at radius 2 is 1.44 bits per heavy atom. The molecule has 182 valence electrons. The van der Waals surface area contributed by atoms with Crippen LogP contribution in [0.15, 0.2) is 46.8 Å². The van der Waals surface area contributed by atoms with E-state index in [9.17, 15) is 19.5 Å². The molecule has 0 fully saturated rings. The lowest BCUT2D eigenvalue weighted by Gasteiger charge is -2.49. The van der Waals surface area contributed by atoms with Crippen molar-refractivity contribution in [2.24, 2.45) is 10.8 Å². The molecule has 1 aromatic rings. The summed E-state index contributed by atoms with van der Waals surface area (Å²) in [6, 6.07) is 7.62. The molecule has 0 saturated carbocycles. The molecule has 0 bridgehead atoms. The lowest BCUT2D eigenvalue weighted by molar-refractivity contribution is -0.305. The fourth-order valence-electron chi connectivity index (χ4n) is 5.68. The van der Waals surface area contributed by atoms with Crippen molar-refractivity contribution in [2.45, 2.75) is 72.6 Å². The summed E-state index contributed by atoms with van der Waals surface area (Å²) in [5.41, 5.74) is 2.85. The van der Waals surface area contributed by atoms with E-state index in [4.69, 9.17) is 4.74 Å². The molecule has 0 unspecified atom stereocenters. The summed E-state index contributed by atoms with van der Waals surface area (Å²) in [6.45, 7) is 10.4. The minimum atomic E-state index is -1.22. The predicted octanol–water partition coefficient (Wildman–Crippen LogP) is 3.91. The lowest BCUT2D eigenvalue weighted by Crippen LogP contribution is -2.47. The smallest absolute Gasteiger partial charge is 0.162 e. The molecule has 4 rings (SSSR count). The van der Waals surface area contributed by atoms with E-state index in [1.54, 1.807) is 4.90 Å². The average Bonchev–Trinajstić information content (AvgIpc) is 2.72. The van der Waals surface area contributed by atoms with Gasteiger partial charge in [0, 0.05) is 41.3 Å². The summed E-state index contributed by atoms with van der Waals surface area (Å²) in [5.74, 6) is -1.00. The van der Waals surface area contributed by atoms with Crippen LogP contribution in [-0.4, -0.2) is 35.6 Å². The Morgan fingerprint density at radius 3 is 1.88 bits per heavy atom. The average molecular weight is 465 g/mol. The van der Waals surface area contributed by atoms with Gasteiger partial charge in [-0.05, 0) is 47.8 Å². The minimum Gasteiger partial charge on any atom is -0.548 e. The Bertz CT molecular complexity index is 1040. The van der Waals surface area contributed by atoms with Crippen molar-refractivity contribution < 1.29 is 24.2 Å². The van der Waals surface area contributed by atoms with Crippen LogP contribution >= 0.6 is 0 Å². The molecule has 1 aromatic carbocycles. The first-order valence-electron chi connectivity index (χ1n) is 12.1. The highest BCUT2D eigenvalue weighted by atomic mass is 16.5. The second-order valence-electron chi connectivity index (χ2n) is 11.4. The van der Waals surface area contributed by atoms with Crippen LogP contribution in [0.4, 0.5) is 0 Å². The number of hydrogen-bond acceptors (Lipinski definition) is 6. The molecular weight excluding hydrogens is 430 g/mol. The van der Waals surface area contributed by atoms with Crippen LogP contribution in [0.2, 0.25) is 0 Å². The Labute approximate surface area is 201 Å². The molecule has 0 spiro atoms. The number of allylic oxidation sites excluding steroid dienone is 4. The first-order chi connectivity index (χ1) is 15.9. The lowest BCUT2D eigenvalue weighted by atomic mass is 9.63. The third kappa shape index (κ3) is 4.55. The standard InChI is InChI=1S/C28H35NO5/c1-6-11-34-18-9-7-17(8-10-18)24-25-19(12-27(2,3)14-21(25)30)29(16-23(32)33)20-13-28(4,5)15-22(31)26(20)24/h7-10,24H,6,11-16H2,1-5H3,(H,32,33)/p-1. The van der Waals surface area contributed by atoms with Gasteiger partial charge >= 0.3 is 0 Å². The van der Waals surface area contributed by atoms with E-state index in [1.807, 2.05) is 58.9 Å². The number of carboxylic acid groups (broad SMARTS) is 1. The molecule has 0 amide bonds. The quantitative estimate of drug-likeness (QED) is 0.634. The van der Waals surface area contributed by atoms with Crippen LogP contribution in [0.1, 0.15) is 78.2 Å². The van der Waals surface area contributed by atoms with Gasteiger partial charge in [0.2, 0.25) is 0 Å². The molecule has 1 heterocycles. The van der Waals surface area contributed by atoms with Crippen LogP contribution < -0.4 is 9.84 Å². The van der Waals surface area contributed by atoms with Gasteiger partial charge in [-0.2, -0.15) is 0 Å². The Morgan fingerprint density at radius 1 is 0.941 bits per heavy atom. The molecule has 3 aliphatic rings. The van der Waals surface area contributed by atoms with Crippen LogP contribution in [0, 0.1) is 10.8 Å². The van der Waals surface area contributed by atoms with Crippen molar-refractivity contribution in [1.29, 1.82) is 0 Å². The molecular formula is C28H34NO5-. The third-order valence-corrected chi connectivity index (χ3v) is 7.00. The van der Waals surface area contributed by atoms with E-state index in [1.165, 1.54) is 0 Å². The second-order valence-corrected chi connectivity index (χ2v) is 11.4. The molecule has 34 heavy (non-hydrogen) atoms. The zero-order valence-electron chi connectivity index (χ0n) is 20.8. The zero-order chi connectivity index (χ0) is 24.8. The van der Waals surface area contributed by atoms with E-state index in [-0.39, 0.29) is 28.9 Å². The Kier molecular flexibility index (Phi) is 6.21. The van der Waals surface area contributed by atoms with E-state index in [0.29, 0.717) is 43.4 Å². The first kappa shape index (κ1) is 24.2. The molecule has 0 atom stereocenters. The van der Waals surface area contributed by atoms with E-state index in [2.05, 4.69) is 0 Å². The first-order valence-corrected chi connectivity index (χ1v) is 12.1. The maximum Gasteiger partial charge on any atom is 0.162 e. The summed E-state index contributed by atoms with van der Waals surface area (Å²) >= 11 is 0.